The molecule has 4 heteroatoms. The summed E-state index contributed by atoms with van der Waals surface area (Å²) in [5.74, 6) is -0.441. The Morgan fingerprint density at radius 3 is 2.43 bits per heavy atom. The van der Waals surface area contributed by atoms with E-state index in [-0.39, 0.29) is 11.7 Å². The van der Waals surface area contributed by atoms with Gasteiger partial charge in [0.25, 0.3) is 0 Å². The summed E-state index contributed by atoms with van der Waals surface area (Å²) < 4.78 is 13.2. The van der Waals surface area contributed by atoms with Crippen molar-refractivity contribution in [1.29, 1.82) is 0 Å². The molecule has 3 rings (SSSR count). The largest absolute Gasteiger partial charge is 0.325 e. The Bertz CT molecular complexity index is 665. The fourth-order valence-electron chi connectivity index (χ4n) is 2.76. The predicted octanol–water partition coefficient (Wildman–Crippen LogP) is 4.54. The van der Waals surface area contributed by atoms with Crippen molar-refractivity contribution in [3.63, 3.8) is 0 Å². The SMILES string of the molecule is O=C(Nc1cccc(F)c1)C1(c2ccc(Cl)cc2)CCC1. The van der Waals surface area contributed by atoms with Gasteiger partial charge in [0.2, 0.25) is 5.91 Å². The van der Waals surface area contributed by atoms with Crippen LogP contribution >= 0.6 is 11.6 Å². The molecule has 0 bridgehead atoms. The lowest BCUT2D eigenvalue weighted by Gasteiger charge is -2.40. The van der Waals surface area contributed by atoms with Crippen molar-refractivity contribution in [1.82, 2.24) is 0 Å². The van der Waals surface area contributed by atoms with Crippen molar-refractivity contribution in [2.45, 2.75) is 24.7 Å². The van der Waals surface area contributed by atoms with Gasteiger partial charge in [0.05, 0.1) is 5.41 Å². The zero-order chi connectivity index (χ0) is 14.9. The van der Waals surface area contributed by atoms with Gasteiger partial charge in [-0.25, -0.2) is 4.39 Å². The molecule has 21 heavy (non-hydrogen) atoms. The molecule has 0 aromatic heterocycles. The highest BCUT2D eigenvalue weighted by Gasteiger charge is 2.45. The highest BCUT2D eigenvalue weighted by Crippen LogP contribution is 2.44. The van der Waals surface area contributed by atoms with Crippen LogP contribution in [-0.4, -0.2) is 5.91 Å². The number of nitrogens with one attached hydrogen (secondary N) is 1. The number of carbonyl (C=O) groups excluding carboxylic acids is 1. The minimum atomic E-state index is -0.517. The van der Waals surface area contributed by atoms with Gasteiger partial charge in [-0.1, -0.05) is 36.2 Å². The van der Waals surface area contributed by atoms with Crippen LogP contribution in [0.5, 0.6) is 0 Å². The molecule has 1 fully saturated rings. The van der Waals surface area contributed by atoms with Crippen molar-refractivity contribution >= 4 is 23.2 Å². The first-order valence-electron chi connectivity index (χ1n) is 6.93. The van der Waals surface area contributed by atoms with Gasteiger partial charge in [-0.2, -0.15) is 0 Å². The van der Waals surface area contributed by atoms with E-state index in [1.54, 1.807) is 24.3 Å². The maximum absolute atomic E-state index is 13.2. The molecule has 1 aliphatic carbocycles. The first kappa shape index (κ1) is 14.1. The van der Waals surface area contributed by atoms with E-state index in [9.17, 15) is 9.18 Å². The molecule has 1 saturated carbocycles. The molecule has 0 unspecified atom stereocenters. The third-order valence-corrected chi connectivity index (χ3v) is 4.37. The van der Waals surface area contributed by atoms with Gasteiger partial charge in [-0.3, -0.25) is 4.79 Å². The zero-order valence-electron chi connectivity index (χ0n) is 11.4. The van der Waals surface area contributed by atoms with Crippen molar-refractivity contribution in [2.24, 2.45) is 0 Å². The van der Waals surface area contributed by atoms with Crippen molar-refractivity contribution in [3.8, 4) is 0 Å². The molecule has 1 N–H and O–H groups in total. The summed E-state index contributed by atoms with van der Waals surface area (Å²) in [6.07, 6.45) is 2.62. The van der Waals surface area contributed by atoms with Crippen molar-refractivity contribution in [3.05, 3.63) is 64.9 Å². The number of benzene rings is 2. The van der Waals surface area contributed by atoms with Gasteiger partial charge in [0.15, 0.2) is 0 Å². The maximum atomic E-state index is 13.2. The lowest BCUT2D eigenvalue weighted by molar-refractivity contribution is -0.124. The summed E-state index contributed by atoms with van der Waals surface area (Å²) >= 11 is 5.91. The lowest BCUT2D eigenvalue weighted by Crippen LogP contribution is -2.46. The van der Waals surface area contributed by atoms with Crippen LogP contribution in [0.3, 0.4) is 0 Å². The summed E-state index contributed by atoms with van der Waals surface area (Å²) in [4.78, 5) is 12.6. The van der Waals surface area contributed by atoms with Crippen LogP contribution in [0.25, 0.3) is 0 Å². The van der Waals surface area contributed by atoms with Crippen LogP contribution in [0.1, 0.15) is 24.8 Å². The summed E-state index contributed by atoms with van der Waals surface area (Å²) in [6.45, 7) is 0. The van der Waals surface area contributed by atoms with E-state index >= 15 is 0 Å². The highest BCUT2D eigenvalue weighted by molar-refractivity contribution is 6.30. The third-order valence-electron chi connectivity index (χ3n) is 4.12. The molecule has 0 aliphatic heterocycles. The predicted molar refractivity (Wildman–Crippen MR) is 82.0 cm³/mol. The molecule has 108 valence electrons. The topological polar surface area (TPSA) is 29.1 Å². The fourth-order valence-corrected chi connectivity index (χ4v) is 2.89. The Balaban J connectivity index is 1.85. The first-order chi connectivity index (χ1) is 10.1. The van der Waals surface area contributed by atoms with E-state index in [4.69, 9.17) is 11.6 Å². The van der Waals surface area contributed by atoms with Crippen LogP contribution in [0, 0.1) is 5.82 Å². The molecule has 0 spiro atoms. The number of rotatable bonds is 3. The van der Waals surface area contributed by atoms with Gasteiger partial charge in [-0.15, -0.1) is 0 Å². The highest BCUT2D eigenvalue weighted by atomic mass is 35.5. The molecule has 0 radical (unpaired) electrons. The van der Waals surface area contributed by atoms with E-state index in [2.05, 4.69) is 5.32 Å². The molecule has 0 heterocycles. The van der Waals surface area contributed by atoms with E-state index in [0.717, 1.165) is 24.8 Å². The number of halogens is 2. The van der Waals surface area contributed by atoms with Crippen LogP contribution in [-0.2, 0) is 10.2 Å². The second-order valence-corrected chi connectivity index (χ2v) is 5.84. The van der Waals surface area contributed by atoms with Crippen molar-refractivity contribution < 1.29 is 9.18 Å². The van der Waals surface area contributed by atoms with Crippen molar-refractivity contribution in [2.75, 3.05) is 5.32 Å². The molecule has 2 nitrogen and oxygen atoms in total. The van der Waals surface area contributed by atoms with Gasteiger partial charge in [-0.05, 0) is 48.7 Å². The molecule has 1 aliphatic rings. The van der Waals surface area contributed by atoms with Crippen LogP contribution in [0.2, 0.25) is 5.02 Å². The molecule has 1 amide bonds. The van der Waals surface area contributed by atoms with E-state index < -0.39 is 5.41 Å². The molecule has 0 saturated heterocycles. The Kier molecular flexibility index (Phi) is 3.68. The number of anilines is 1. The van der Waals surface area contributed by atoms with E-state index in [1.165, 1.54) is 12.1 Å². The number of carbonyl (C=O) groups is 1. The molecule has 2 aromatic carbocycles. The van der Waals surface area contributed by atoms with Crippen LogP contribution < -0.4 is 5.32 Å². The van der Waals surface area contributed by atoms with Gasteiger partial charge in [0.1, 0.15) is 5.82 Å². The first-order valence-corrected chi connectivity index (χ1v) is 7.31. The third kappa shape index (κ3) is 2.66. The minimum absolute atomic E-state index is 0.0818. The Morgan fingerprint density at radius 1 is 1.14 bits per heavy atom. The molecular formula is C17H15ClFNO. The average molecular weight is 304 g/mol. The Hall–Kier alpha value is -1.87. The summed E-state index contributed by atoms with van der Waals surface area (Å²) in [7, 11) is 0. The second kappa shape index (κ2) is 5.49. The number of hydrogen-bond acceptors (Lipinski definition) is 1. The fraction of sp³-hybridized carbons (Fsp3) is 0.235. The quantitative estimate of drug-likeness (QED) is 0.886. The minimum Gasteiger partial charge on any atom is -0.325 e. The van der Waals surface area contributed by atoms with Gasteiger partial charge in [0, 0.05) is 10.7 Å². The normalized spacial score (nSPS) is 16.1. The smallest absolute Gasteiger partial charge is 0.235 e. The number of hydrogen-bond donors (Lipinski definition) is 1. The molecular weight excluding hydrogens is 289 g/mol. The van der Waals surface area contributed by atoms with E-state index in [0.29, 0.717) is 10.7 Å². The standard InChI is InChI=1S/C17H15ClFNO/c18-13-7-5-12(6-8-13)17(9-2-10-17)16(21)20-15-4-1-3-14(19)11-15/h1,3-8,11H,2,9-10H2,(H,20,21). The Labute approximate surface area is 127 Å². The van der Waals surface area contributed by atoms with Crippen LogP contribution in [0.4, 0.5) is 10.1 Å². The van der Waals surface area contributed by atoms with Crippen LogP contribution in [0.15, 0.2) is 48.5 Å². The average Bonchev–Trinajstić information content (AvgIpc) is 2.39. The summed E-state index contributed by atoms with van der Waals surface area (Å²) in [5.41, 5.74) is 0.934. The second-order valence-electron chi connectivity index (χ2n) is 5.41. The maximum Gasteiger partial charge on any atom is 0.235 e. The number of amides is 1. The Morgan fingerprint density at radius 2 is 1.86 bits per heavy atom. The molecule has 0 atom stereocenters. The summed E-state index contributed by atoms with van der Waals surface area (Å²) in [5, 5.41) is 3.48. The summed E-state index contributed by atoms with van der Waals surface area (Å²) in [6, 6.07) is 13.3. The van der Waals surface area contributed by atoms with Gasteiger partial charge >= 0.3 is 0 Å². The lowest BCUT2D eigenvalue weighted by atomic mass is 9.64. The molecule has 2 aromatic rings. The van der Waals surface area contributed by atoms with E-state index in [1.807, 2.05) is 12.1 Å². The van der Waals surface area contributed by atoms with Gasteiger partial charge < -0.3 is 5.32 Å². The zero-order valence-corrected chi connectivity index (χ0v) is 12.2. The monoisotopic (exact) mass is 303 g/mol.